The van der Waals surface area contributed by atoms with E-state index in [9.17, 15) is 13.6 Å². The topological polar surface area (TPSA) is 44.8 Å². The molecular formula is C24H19BrF2O4. The Labute approximate surface area is 187 Å². The lowest BCUT2D eigenvalue weighted by atomic mass is 10.1. The minimum absolute atomic E-state index is 0.00102. The molecule has 0 saturated carbocycles. The molecule has 0 spiro atoms. The summed E-state index contributed by atoms with van der Waals surface area (Å²) in [4.78, 5) is 12.4. The Balaban J connectivity index is 1.69. The van der Waals surface area contributed by atoms with Gasteiger partial charge in [-0.15, -0.1) is 0 Å². The molecule has 0 aliphatic rings. The van der Waals surface area contributed by atoms with Crippen molar-refractivity contribution in [3.8, 4) is 17.2 Å². The first-order valence-corrected chi connectivity index (χ1v) is 10.1. The first-order valence-electron chi connectivity index (χ1n) is 9.27. The van der Waals surface area contributed by atoms with Gasteiger partial charge in [0.05, 0.1) is 7.11 Å². The molecule has 31 heavy (non-hydrogen) atoms. The van der Waals surface area contributed by atoms with E-state index in [1.165, 1.54) is 30.3 Å². The minimum atomic E-state index is -2.90. The van der Waals surface area contributed by atoms with E-state index in [4.69, 9.17) is 9.47 Å². The number of hydrogen-bond acceptors (Lipinski definition) is 4. The number of hydrogen-bond donors (Lipinski definition) is 0. The van der Waals surface area contributed by atoms with E-state index in [1.54, 1.807) is 19.3 Å². The summed E-state index contributed by atoms with van der Waals surface area (Å²) in [5.74, 6) is 1.14. The van der Waals surface area contributed by atoms with Crippen molar-refractivity contribution < 1.29 is 27.8 Å². The van der Waals surface area contributed by atoms with Gasteiger partial charge in [-0.1, -0.05) is 28.1 Å². The van der Waals surface area contributed by atoms with Gasteiger partial charge in [-0.25, -0.2) is 0 Å². The van der Waals surface area contributed by atoms with Crippen LogP contribution < -0.4 is 14.2 Å². The molecule has 0 radical (unpaired) electrons. The SMILES string of the molecule is COc1ccc(/C=C/C(=O)c2ccc(OC(F)F)cc2)cc1COc1ccc(Br)cc1. The third-order valence-electron chi connectivity index (χ3n) is 4.30. The van der Waals surface area contributed by atoms with Crippen LogP contribution in [0.1, 0.15) is 21.5 Å². The summed E-state index contributed by atoms with van der Waals surface area (Å²) in [6, 6.07) is 18.6. The van der Waals surface area contributed by atoms with E-state index in [0.717, 1.165) is 21.3 Å². The van der Waals surface area contributed by atoms with Crippen LogP contribution >= 0.6 is 15.9 Å². The van der Waals surface area contributed by atoms with E-state index in [1.807, 2.05) is 36.4 Å². The Morgan fingerprint density at radius 2 is 1.68 bits per heavy atom. The lowest BCUT2D eigenvalue weighted by molar-refractivity contribution is -0.0498. The maximum atomic E-state index is 12.4. The van der Waals surface area contributed by atoms with Crippen molar-refractivity contribution in [2.75, 3.05) is 7.11 Å². The van der Waals surface area contributed by atoms with Crippen molar-refractivity contribution in [1.82, 2.24) is 0 Å². The summed E-state index contributed by atoms with van der Waals surface area (Å²) in [5, 5.41) is 0. The van der Waals surface area contributed by atoms with Crippen molar-refractivity contribution in [1.29, 1.82) is 0 Å². The molecule has 0 bridgehead atoms. The number of ether oxygens (including phenoxy) is 3. The van der Waals surface area contributed by atoms with Crippen LogP contribution in [0.25, 0.3) is 6.08 Å². The van der Waals surface area contributed by atoms with E-state index in [0.29, 0.717) is 17.9 Å². The van der Waals surface area contributed by atoms with Crippen LogP contribution in [0.2, 0.25) is 0 Å². The highest BCUT2D eigenvalue weighted by molar-refractivity contribution is 9.10. The van der Waals surface area contributed by atoms with Crippen molar-refractivity contribution in [2.24, 2.45) is 0 Å². The number of rotatable bonds is 9. The van der Waals surface area contributed by atoms with Crippen molar-refractivity contribution >= 4 is 27.8 Å². The van der Waals surface area contributed by atoms with Crippen molar-refractivity contribution in [3.63, 3.8) is 0 Å². The minimum Gasteiger partial charge on any atom is -0.496 e. The fourth-order valence-corrected chi connectivity index (χ4v) is 3.04. The lowest BCUT2D eigenvalue weighted by Crippen LogP contribution is -2.02. The van der Waals surface area contributed by atoms with Crippen molar-refractivity contribution in [3.05, 3.63) is 94.0 Å². The molecule has 3 aromatic carbocycles. The fourth-order valence-electron chi connectivity index (χ4n) is 2.78. The Morgan fingerprint density at radius 1 is 1.00 bits per heavy atom. The summed E-state index contributed by atoms with van der Waals surface area (Å²) >= 11 is 3.39. The van der Waals surface area contributed by atoms with Crippen LogP contribution in [-0.4, -0.2) is 19.5 Å². The molecule has 160 valence electrons. The largest absolute Gasteiger partial charge is 0.496 e. The van der Waals surface area contributed by atoms with Crippen LogP contribution in [0.15, 0.2) is 77.3 Å². The fraction of sp³-hybridized carbons (Fsp3) is 0.125. The highest BCUT2D eigenvalue weighted by Crippen LogP contribution is 2.24. The maximum absolute atomic E-state index is 12.4. The molecule has 0 saturated heterocycles. The Kier molecular flexibility index (Phi) is 7.78. The average molecular weight is 489 g/mol. The molecule has 0 heterocycles. The third kappa shape index (κ3) is 6.65. The number of alkyl halides is 2. The molecule has 7 heteroatoms. The second kappa shape index (κ2) is 10.7. The Morgan fingerprint density at radius 3 is 2.32 bits per heavy atom. The first kappa shape index (κ1) is 22.5. The molecule has 0 amide bonds. The van der Waals surface area contributed by atoms with Crippen LogP contribution in [0, 0.1) is 0 Å². The summed E-state index contributed by atoms with van der Waals surface area (Å²) in [5.41, 5.74) is 1.99. The number of halogens is 3. The van der Waals surface area contributed by atoms with Gasteiger partial charge in [0.2, 0.25) is 0 Å². The Bertz CT molecular complexity index is 1050. The number of benzene rings is 3. The molecule has 3 aromatic rings. The molecule has 0 fully saturated rings. The van der Waals surface area contributed by atoms with Gasteiger partial charge < -0.3 is 14.2 Å². The van der Waals surface area contributed by atoms with Gasteiger partial charge in [-0.3, -0.25) is 4.79 Å². The number of allylic oxidation sites excluding steroid dienone is 1. The molecule has 0 aromatic heterocycles. The number of carbonyl (C=O) groups is 1. The monoisotopic (exact) mass is 488 g/mol. The average Bonchev–Trinajstić information content (AvgIpc) is 2.77. The standard InChI is InChI=1S/C24H19BrF2O4/c1-29-23-13-3-16(14-18(23)15-30-20-10-6-19(25)7-11-20)2-12-22(28)17-4-8-21(9-5-17)31-24(26)27/h2-14,24H,15H2,1H3/b12-2+. The highest BCUT2D eigenvalue weighted by Gasteiger charge is 2.08. The molecule has 4 nitrogen and oxygen atoms in total. The van der Waals surface area contributed by atoms with Gasteiger partial charge in [0.25, 0.3) is 0 Å². The molecule has 0 N–H and O–H groups in total. The summed E-state index contributed by atoms with van der Waals surface area (Å²) in [7, 11) is 1.58. The van der Waals surface area contributed by atoms with Gasteiger partial charge in [-0.05, 0) is 72.3 Å². The smallest absolute Gasteiger partial charge is 0.387 e. The molecule has 0 aliphatic heterocycles. The maximum Gasteiger partial charge on any atom is 0.387 e. The number of methoxy groups -OCH3 is 1. The molecule has 0 aliphatic carbocycles. The normalized spacial score (nSPS) is 11.0. The van der Waals surface area contributed by atoms with Crippen LogP contribution in [0.4, 0.5) is 8.78 Å². The zero-order valence-corrected chi connectivity index (χ0v) is 18.1. The van der Waals surface area contributed by atoms with Gasteiger partial charge in [0.1, 0.15) is 23.9 Å². The highest BCUT2D eigenvalue weighted by atomic mass is 79.9. The van der Waals surface area contributed by atoms with E-state index in [2.05, 4.69) is 20.7 Å². The number of carbonyl (C=O) groups excluding carboxylic acids is 1. The summed E-state index contributed by atoms with van der Waals surface area (Å²) in [6.07, 6.45) is 3.10. The third-order valence-corrected chi connectivity index (χ3v) is 4.83. The zero-order chi connectivity index (χ0) is 22.2. The van der Waals surface area contributed by atoms with Gasteiger partial charge in [0.15, 0.2) is 5.78 Å². The van der Waals surface area contributed by atoms with Crippen molar-refractivity contribution in [2.45, 2.75) is 13.2 Å². The van der Waals surface area contributed by atoms with Gasteiger partial charge in [0, 0.05) is 15.6 Å². The predicted octanol–water partition coefficient (Wildman–Crippen LogP) is 6.53. The number of ketones is 1. The Hall–Kier alpha value is -3.19. The van der Waals surface area contributed by atoms with E-state index < -0.39 is 6.61 Å². The second-order valence-electron chi connectivity index (χ2n) is 6.41. The van der Waals surface area contributed by atoms with Gasteiger partial charge in [-0.2, -0.15) is 8.78 Å². The first-order chi connectivity index (χ1) is 14.9. The molecule has 0 unspecified atom stereocenters. The summed E-state index contributed by atoms with van der Waals surface area (Å²) < 4.78 is 40.9. The van der Waals surface area contributed by atoms with Crippen LogP contribution in [-0.2, 0) is 6.61 Å². The predicted molar refractivity (Wildman–Crippen MR) is 118 cm³/mol. The lowest BCUT2D eigenvalue weighted by Gasteiger charge is -2.11. The van der Waals surface area contributed by atoms with E-state index >= 15 is 0 Å². The van der Waals surface area contributed by atoms with Crippen LogP contribution in [0.5, 0.6) is 17.2 Å². The van der Waals surface area contributed by atoms with Gasteiger partial charge >= 0.3 is 6.61 Å². The quantitative estimate of drug-likeness (QED) is 0.253. The zero-order valence-electron chi connectivity index (χ0n) is 16.6. The van der Waals surface area contributed by atoms with E-state index in [-0.39, 0.29) is 11.5 Å². The molecule has 3 rings (SSSR count). The molecule has 0 atom stereocenters. The van der Waals surface area contributed by atoms with Crippen LogP contribution in [0.3, 0.4) is 0 Å². The molecular weight excluding hydrogens is 470 g/mol. The second-order valence-corrected chi connectivity index (χ2v) is 7.33. The summed E-state index contributed by atoms with van der Waals surface area (Å²) in [6.45, 7) is -2.61.